The predicted molar refractivity (Wildman–Crippen MR) is 89.0 cm³/mol. The molecule has 0 bridgehead atoms. The van der Waals surface area contributed by atoms with Gasteiger partial charge in [-0.05, 0) is 74.1 Å². The largest absolute Gasteiger partial charge is 0.491 e. The standard InChI is InChI=1S/C19H25NO/c1-12-8-15(4)16(5)19(9-12)21-11-18(20)17-7-6-13(2)14(3)10-17/h6-10,18H,11,20H2,1-5H3. The van der Waals surface area contributed by atoms with Crippen LogP contribution in [0.2, 0.25) is 0 Å². The number of hydrogen-bond donors (Lipinski definition) is 1. The molecule has 2 nitrogen and oxygen atoms in total. The zero-order valence-electron chi connectivity index (χ0n) is 13.7. The summed E-state index contributed by atoms with van der Waals surface area (Å²) in [6.07, 6.45) is 0. The molecule has 21 heavy (non-hydrogen) atoms. The summed E-state index contributed by atoms with van der Waals surface area (Å²) in [7, 11) is 0. The third-order valence-electron chi connectivity index (χ3n) is 4.14. The van der Waals surface area contributed by atoms with Crippen LogP contribution >= 0.6 is 0 Å². The van der Waals surface area contributed by atoms with E-state index in [1.165, 1.54) is 27.8 Å². The summed E-state index contributed by atoms with van der Waals surface area (Å²) in [5, 5.41) is 0. The fourth-order valence-corrected chi connectivity index (χ4v) is 2.42. The van der Waals surface area contributed by atoms with Crippen LogP contribution in [0.5, 0.6) is 5.75 Å². The van der Waals surface area contributed by atoms with Crippen molar-refractivity contribution in [3.05, 3.63) is 63.7 Å². The minimum atomic E-state index is -0.107. The summed E-state index contributed by atoms with van der Waals surface area (Å²) in [5.74, 6) is 0.937. The molecular formula is C19H25NO. The monoisotopic (exact) mass is 283 g/mol. The third-order valence-corrected chi connectivity index (χ3v) is 4.14. The first kappa shape index (κ1) is 15.6. The number of rotatable bonds is 4. The average molecular weight is 283 g/mol. The second kappa shape index (κ2) is 6.31. The fourth-order valence-electron chi connectivity index (χ4n) is 2.42. The molecule has 0 heterocycles. The maximum Gasteiger partial charge on any atom is 0.122 e. The van der Waals surface area contributed by atoms with Crippen LogP contribution in [0.1, 0.15) is 39.4 Å². The fraction of sp³-hybridized carbons (Fsp3) is 0.368. The second-order valence-corrected chi connectivity index (χ2v) is 5.97. The highest BCUT2D eigenvalue weighted by molar-refractivity contribution is 5.42. The molecule has 0 saturated carbocycles. The highest BCUT2D eigenvalue weighted by Gasteiger charge is 2.10. The van der Waals surface area contributed by atoms with E-state index in [1.54, 1.807) is 0 Å². The summed E-state index contributed by atoms with van der Waals surface area (Å²) >= 11 is 0. The highest BCUT2D eigenvalue weighted by Crippen LogP contribution is 2.24. The summed E-state index contributed by atoms with van der Waals surface area (Å²) in [4.78, 5) is 0. The zero-order chi connectivity index (χ0) is 15.6. The predicted octanol–water partition coefficient (Wildman–Crippen LogP) is 4.31. The molecule has 2 N–H and O–H groups in total. The molecule has 2 heteroatoms. The number of aryl methyl sites for hydroxylation is 4. The molecule has 0 aliphatic heterocycles. The molecule has 0 radical (unpaired) electrons. The summed E-state index contributed by atoms with van der Waals surface area (Å²) in [6, 6.07) is 10.5. The molecule has 0 saturated heterocycles. The minimum absolute atomic E-state index is 0.107. The van der Waals surface area contributed by atoms with Gasteiger partial charge in [-0.25, -0.2) is 0 Å². The first-order chi connectivity index (χ1) is 9.88. The lowest BCUT2D eigenvalue weighted by atomic mass is 10.0. The Morgan fingerprint density at radius 1 is 0.905 bits per heavy atom. The van der Waals surface area contributed by atoms with Crippen LogP contribution in [0.15, 0.2) is 30.3 Å². The highest BCUT2D eigenvalue weighted by atomic mass is 16.5. The Hall–Kier alpha value is -1.80. The van der Waals surface area contributed by atoms with Gasteiger partial charge in [0.15, 0.2) is 0 Å². The van der Waals surface area contributed by atoms with Crippen LogP contribution < -0.4 is 10.5 Å². The Labute approximate surface area is 127 Å². The second-order valence-electron chi connectivity index (χ2n) is 5.97. The van der Waals surface area contributed by atoms with E-state index < -0.39 is 0 Å². The van der Waals surface area contributed by atoms with Crippen LogP contribution in [0, 0.1) is 34.6 Å². The molecule has 0 amide bonds. The van der Waals surface area contributed by atoms with Gasteiger partial charge in [-0.1, -0.05) is 24.3 Å². The Morgan fingerprint density at radius 2 is 1.62 bits per heavy atom. The minimum Gasteiger partial charge on any atom is -0.491 e. The van der Waals surface area contributed by atoms with Crippen molar-refractivity contribution in [1.29, 1.82) is 0 Å². The van der Waals surface area contributed by atoms with E-state index in [-0.39, 0.29) is 6.04 Å². The first-order valence-electron chi connectivity index (χ1n) is 7.42. The van der Waals surface area contributed by atoms with Gasteiger partial charge in [-0.2, -0.15) is 0 Å². The molecule has 0 fully saturated rings. The number of nitrogens with two attached hydrogens (primary N) is 1. The molecule has 0 aliphatic rings. The maximum atomic E-state index is 6.26. The van der Waals surface area contributed by atoms with Crippen LogP contribution in [0.25, 0.3) is 0 Å². The van der Waals surface area contributed by atoms with Gasteiger partial charge in [-0.3, -0.25) is 0 Å². The lowest BCUT2D eigenvalue weighted by Gasteiger charge is -2.17. The summed E-state index contributed by atoms with van der Waals surface area (Å²) < 4.78 is 5.96. The van der Waals surface area contributed by atoms with Crippen molar-refractivity contribution in [2.75, 3.05) is 6.61 Å². The molecule has 1 unspecified atom stereocenters. The van der Waals surface area contributed by atoms with Crippen LogP contribution in [-0.2, 0) is 0 Å². The van der Waals surface area contributed by atoms with E-state index in [0.717, 1.165) is 11.3 Å². The van der Waals surface area contributed by atoms with Crippen molar-refractivity contribution < 1.29 is 4.74 Å². The van der Waals surface area contributed by atoms with Gasteiger partial charge in [0.25, 0.3) is 0 Å². The maximum absolute atomic E-state index is 6.26. The Kier molecular flexibility index (Phi) is 4.69. The molecule has 2 rings (SSSR count). The van der Waals surface area contributed by atoms with Gasteiger partial charge in [0.1, 0.15) is 12.4 Å². The lowest BCUT2D eigenvalue weighted by Crippen LogP contribution is -2.19. The topological polar surface area (TPSA) is 35.2 Å². The Balaban J connectivity index is 2.10. The summed E-state index contributed by atoms with van der Waals surface area (Å²) in [5.41, 5.74) is 13.6. The van der Waals surface area contributed by atoms with E-state index in [0.29, 0.717) is 6.61 Å². The van der Waals surface area contributed by atoms with Crippen molar-refractivity contribution in [2.45, 2.75) is 40.7 Å². The molecule has 1 atom stereocenters. The van der Waals surface area contributed by atoms with E-state index >= 15 is 0 Å². The number of ether oxygens (including phenoxy) is 1. The smallest absolute Gasteiger partial charge is 0.122 e. The number of benzene rings is 2. The van der Waals surface area contributed by atoms with Crippen molar-refractivity contribution in [3.63, 3.8) is 0 Å². The van der Waals surface area contributed by atoms with Crippen LogP contribution in [-0.4, -0.2) is 6.61 Å². The molecule has 0 aromatic heterocycles. The van der Waals surface area contributed by atoms with Gasteiger partial charge >= 0.3 is 0 Å². The Bertz CT molecular complexity index is 646. The Morgan fingerprint density at radius 3 is 2.29 bits per heavy atom. The first-order valence-corrected chi connectivity index (χ1v) is 7.42. The van der Waals surface area contributed by atoms with Gasteiger partial charge in [-0.15, -0.1) is 0 Å². The molecular weight excluding hydrogens is 258 g/mol. The van der Waals surface area contributed by atoms with Gasteiger partial charge in [0.05, 0.1) is 6.04 Å². The quantitative estimate of drug-likeness (QED) is 0.907. The average Bonchev–Trinajstić information content (AvgIpc) is 2.43. The van der Waals surface area contributed by atoms with Gasteiger partial charge in [0.2, 0.25) is 0 Å². The zero-order valence-corrected chi connectivity index (χ0v) is 13.7. The van der Waals surface area contributed by atoms with E-state index in [2.05, 4.69) is 65.0 Å². The van der Waals surface area contributed by atoms with E-state index in [4.69, 9.17) is 10.5 Å². The molecule has 0 aliphatic carbocycles. The van der Waals surface area contributed by atoms with Crippen molar-refractivity contribution >= 4 is 0 Å². The van der Waals surface area contributed by atoms with Gasteiger partial charge in [0, 0.05) is 0 Å². The lowest BCUT2D eigenvalue weighted by molar-refractivity contribution is 0.288. The van der Waals surface area contributed by atoms with Crippen molar-refractivity contribution in [2.24, 2.45) is 5.73 Å². The normalized spacial score (nSPS) is 12.3. The van der Waals surface area contributed by atoms with Crippen molar-refractivity contribution in [3.8, 4) is 5.75 Å². The van der Waals surface area contributed by atoms with Crippen LogP contribution in [0.3, 0.4) is 0 Å². The summed E-state index contributed by atoms with van der Waals surface area (Å²) in [6.45, 7) is 11.0. The van der Waals surface area contributed by atoms with Crippen molar-refractivity contribution in [1.82, 2.24) is 0 Å². The molecule has 2 aromatic carbocycles. The molecule has 0 spiro atoms. The third kappa shape index (κ3) is 3.64. The molecule has 112 valence electrons. The van der Waals surface area contributed by atoms with E-state index in [1.807, 2.05) is 0 Å². The van der Waals surface area contributed by atoms with Gasteiger partial charge < -0.3 is 10.5 Å². The molecule has 2 aromatic rings. The van der Waals surface area contributed by atoms with Crippen LogP contribution in [0.4, 0.5) is 0 Å². The number of hydrogen-bond acceptors (Lipinski definition) is 2. The SMILES string of the molecule is Cc1cc(C)c(C)c(OCC(N)c2ccc(C)c(C)c2)c1. The van der Waals surface area contributed by atoms with E-state index in [9.17, 15) is 0 Å².